The fourth-order valence-electron chi connectivity index (χ4n) is 1.47. The van der Waals surface area contributed by atoms with Crippen LogP contribution < -0.4 is 11.1 Å². The monoisotopic (exact) mass is 325 g/mol. The van der Waals surface area contributed by atoms with E-state index in [-0.39, 0.29) is 0 Å². The highest BCUT2D eigenvalue weighted by Crippen LogP contribution is 2.27. The first-order chi connectivity index (χ1) is 9.13. The second-order valence-electron chi connectivity index (χ2n) is 3.58. The molecule has 1 aromatic heterocycles. The van der Waals surface area contributed by atoms with Crippen LogP contribution in [0.5, 0.6) is 0 Å². The number of rotatable bonds is 4. The number of thiocarbonyl (C=S) groups is 2. The van der Waals surface area contributed by atoms with Gasteiger partial charge < -0.3 is 11.1 Å². The van der Waals surface area contributed by atoms with Crippen molar-refractivity contribution in [2.75, 3.05) is 12.0 Å². The van der Waals surface area contributed by atoms with E-state index in [1.807, 2.05) is 30.5 Å². The van der Waals surface area contributed by atoms with Gasteiger partial charge in [-0.1, -0.05) is 24.4 Å². The van der Waals surface area contributed by atoms with Crippen molar-refractivity contribution in [1.29, 1.82) is 0 Å². The zero-order chi connectivity index (χ0) is 13.8. The summed E-state index contributed by atoms with van der Waals surface area (Å²) in [6.07, 6.45) is 3.92. The number of hydrogen-bond donors (Lipinski definition) is 2. The zero-order valence-corrected chi connectivity index (χ0v) is 13.3. The number of fused-ring (bicyclic) bond motifs is 1. The molecule has 0 spiro atoms. The van der Waals surface area contributed by atoms with Gasteiger partial charge in [-0.3, -0.25) is 0 Å². The molecule has 1 aromatic carbocycles. The minimum Gasteiger partial charge on any atom is -0.399 e. The number of anilines is 1. The fraction of sp³-hybridized carbons (Fsp3) is 0.0833. The molecule has 0 aliphatic carbocycles. The maximum atomic E-state index is 5.76. The predicted molar refractivity (Wildman–Crippen MR) is 94.9 cm³/mol. The van der Waals surface area contributed by atoms with Crippen molar-refractivity contribution in [2.24, 2.45) is 0 Å². The van der Waals surface area contributed by atoms with Crippen molar-refractivity contribution < 1.29 is 0 Å². The lowest BCUT2D eigenvalue weighted by Crippen LogP contribution is -2.18. The summed E-state index contributed by atoms with van der Waals surface area (Å²) in [4.78, 5) is 6.08. The minimum absolute atomic E-state index is 0.612. The van der Waals surface area contributed by atoms with E-state index in [9.17, 15) is 0 Å². The molecule has 0 bridgehead atoms. The summed E-state index contributed by atoms with van der Waals surface area (Å²) in [5, 5.41) is 3.75. The van der Waals surface area contributed by atoms with Crippen LogP contribution in [-0.4, -0.2) is 21.7 Å². The summed E-state index contributed by atoms with van der Waals surface area (Å²) < 4.78 is 1.07. The molecule has 0 fully saturated rings. The maximum absolute atomic E-state index is 5.76. The molecule has 1 heterocycles. The quantitative estimate of drug-likeness (QED) is 0.510. The van der Waals surface area contributed by atoms with Crippen LogP contribution in [0.4, 0.5) is 5.69 Å². The number of nitrogens with zero attached hydrogens (tertiary/aromatic N) is 1. The van der Waals surface area contributed by atoms with Crippen molar-refractivity contribution in [3.05, 3.63) is 28.1 Å². The predicted octanol–water partition coefficient (Wildman–Crippen LogP) is 3.46. The van der Waals surface area contributed by atoms with Gasteiger partial charge in [0.05, 0.1) is 15.7 Å². The molecule has 0 saturated carbocycles. The Labute approximate surface area is 130 Å². The molecule has 2 rings (SSSR count). The van der Waals surface area contributed by atoms with E-state index in [1.165, 1.54) is 5.49 Å². The van der Waals surface area contributed by atoms with Gasteiger partial charge >= 0.3 is 0 Å². The Kier molecular flexibility index (Phi) is 4.87. The Morgan fingerprint density at radius 3 is 3.00 bits per heavy atom. The molecule has 98 valence electrons. The standard InChI is InChI=1S/C12H11N3S4/c1-18-10(12(17)14-6-16)5-11-15-8-3-2-7(13)4-9(8)19-11/h2-6H,13H2,1H3,(H,14,16,17)/b10-5-. The average molecular weight is 326 g/mol. The summed E-state index contributed by atoms with van der Waals surface area (Å²) in [5.74, 6) is 0. The molecule has 0 aliphatic heterocycles. The number of nitrogen functional groups attached to an aromatic ring is 1. The number of benzene rings is 1. The van der Waals surface area contributed by atoms with E-state index in [2.05, 4.69) is 10.3 Å². The number of thiazole rings is 1. The normalized spacial score (nSPS) is 11.5. The van der Waals surface area contributed by atoms with Gasteiger partial charge in [-0.25, -0.2) is 4.98 Å². The second-order valence-corrected chi connectivity index (χ2v) is 6.14. The smallest absolute Gasteiger partial charge is 0.118 e. The Hall–Kier alpha value is -1.02. The van der Waals surface area contributed by atoms with E-state index >= 15 is 0 Å². The highest BCUT2D eigenvalue weighted by atomic mass is 32.2. The molecule has 7 heteroatoms. The Morgan fingerprint density at radius 1 is 1.53 bits per heavy atom. The Morgan fingerprint density at radius 2 is 2.32 bits per heavy atom. The van der Waals surface area contributed by atoms with E-state index in [0.717, 1.165) is 25.8 Å². The summed E-state index contributed by atoms with van der Waals surface area (Å²) in [7, 11) is 0. The van der Waals surface area contributed by atoms with Crippen LogP contribution in [0.2, 0.25) is 0 Å². The van der Waals surface area contributed by atoms with Crippen LogP contribution in [0.3, 0.4) is 0 Å². The maximum Gasteiger partial charge on any atom is 0.118 e. The average Bonchev–Trinajstić information content (AvgIpc) is 2.77. The van der Waals surface area contributed by atoms with Gasteiger partial charge in [-0.2, -0.15) is 0 Å². The molecule has 0 atom stereocenters. The molecular formula is C12H11N3S4. The van der Waals surface area contributed by atoms with E-state index in [4.69, 9.17) is 30.2 Å². The van der Waals surface area contributed by atoms with Crippen molar-refractivity contribution in [1.82, 2.24) is 10.3 Å². The van der Waals surface area contributed by atoms with Crippen LogP contribution >= 0.6 is 47.5 Å². The lowest BCUT2D eigenvalue weighted by Gasteiger charge is -2.03. The van der Waals surface area contributed by atoms with E-state index in [1.54, 1.807) is 23.1 Å². The number of thioether (sulfide) groups is 1. The highest BCUT2D eigenvalue weighted by molar-refractivity contribution is 8.04. The van der Waals surface area contributed by atoms with Gasteiger partial charge in [0, 0.05) is 10.6 Å². The van der Waals surface area contributed by atoms with Crippen LogP contribution in [0.1, 0.15) is 5.01 Å². The zero-order valence-electron chi connectivity index (χ0n) is 10.0. The van der Waals surface area contributed by atoms with Crippen LogP contribution in [0.25, 0.3) is 16.3 Å². The summed E-state index contributed by atoms with van der Waals surface area (Å²) in [6.45, 7) is 0. The van der Waals surface area contributed by atoms with Crippen molar-refractivity contribution >= 4 is 80.0 Å². The molecule has 0 radical (unpaired) electrons. The van der Waals surface area contributed by atoms with Crippen molar-refractivity contribution in [3.63, 3.8) is 0 Å². The minimum atomic E-state index is 0.612. The highest BCUT2D eigenvalue weighted by Gasteiger charge is 2.06. The SMILES string of the molecule is CS/C(=C\c1nc2ccc(N)cc2s1)C(=S)NC=S. The molecule has 19 heavy (non-hydrogen) atoms. The molecular weight excluding hydrogens is 314 g/mol. The summed E-state index contributed by atoms with van der Waals surface area (Å²) >= 11 is 13.1. The first kappa shape index (κ1) is 14.4. The molecule has 0 aliphatic rings. The van der Waals surface area contributed by atoms with Crippen molar-refractivity contribution in [2.45, 2.75) is 0 Å². The third kappa shape index (κ3) is 3.50. The van der Waals surface area contributed by atoms with E-state index in [0.29, 0.717) is 4.99 Å². The van der Waals surface area contributed by atoms with Crippen LogP contribution in [0, 0.1) is 0 Å². The van der Waals surface area contributed by atoms with Crippen molar-refractivity contribution in [3.8, 4) is 0 Å². The molecule has 0 amide bonds. The summed E-state index contributed by atoms with van der Waals surface area (Å²) in [5.41, 5.74) is 8.86. The lowest BCUT2D eigenvalue weighted by atomic mass is 10.3. The topological polar surface area (TPSA) is 50.9 Å². The second kappa shape index (κ2) is 6.42. The molecule has 2 aromatic rings. The lowest BCUT2D eigenvalue weighted by molar-refractivity contribution is 1.46. The third-order valence-corrected chi connectivity index (χ3v) is 4.63. The number of nitrogens with one attached hydrogen (secondary N) is 1. The van der Waals surface area contributed by atoms with Gasteiger partial charge in [0.25, 0.3) is 0 Å². The van der Waals surface area contributed by atoms with Gasteiger partial charge in [0.15, 0.2) is 0 Å². The van der Waals surface area contributed by atoms with Crippen LogP contribution in [-0.2, 0) is 0 Å². The molecule has 3 N–H and O–H groups in total. The van der Waals surface area contributed by atoms with Gasteiger partial charge in [-0.05, 0) is 30.5 Å². The first-order valence-electron chi connectivity index (χ1n) is 5.30. The van der Waals surface area contributed by atoms with Gasteiger partial charge in [-0.15, -0.1) is 23.1 Å². The first-order valence-corrected chi connectivity index (χ1v) is 8.22. The Balaban J connectivity index is 2.37. The number of aromatic nitrogens is 1. The largest absolute Gasteiger partial charge is 0.399 e. The number of hydrogen-bond acceptors (Lipinski definition) is 6. The van der Waals surface area contributed by atoms with E-state index < -0.39 is 0 Å². The summed E-state index contributed by atoms with van der Waals surface area (Å²) in [6, 6.07) is 5.70. The van der Waals surface area contributed by atoms with Gasteiger partial charge in [0.1, 0.15) is 10.00 Å². The fourth-order valence-corrected chi connectivity index (χ4v) is 3.54. The number of nitrogens with two attached hydrogens (primary N) is 1. The molecule has 0 saturated heterocycles. The van der Waals surface area contributed by atoms with Crippen LogP contribution in [0.15, 0.2) is 23.1 Å². The molecule has 3 nitrogen and oxygen atoms in total. The Bertz CT molecular complexity index is 660. The third-order valence-electron chi connectivity index (χ3n) is 2.32. The molecule has 0 unspecified atom stereocenters. The van der Waals surface area contributed by atoms with Gasteiger partial charge in [0.2, 0.25) is 0 Å².